The van der Waals surface area contributed by atoms with Crippen molar-refractivity contribution in [3.63, 3.8) is 0 Å². The van der Waals surface area contributed by atoms with E-state index in [1.165, 1.54) is 0 Å². The van der Waals surface area contributed by atoms with E-state index in [-0.39, 0.29) is 23.9 Å². The zero-order valence-electron chi connectivity index (χ0n) is 11.0. The zero-order chi connectivity index (χ0) is 12.8. The molecule has 1 aliphatic heterocycles. The van der Waals surface area contributed by atoms with E-state index >= 15 is 0 Å². The third kappa shape index (κ3) is 5.17. The fraction of sp³-hybridized carbons (Fsp3) is 0.917. The van der Waals surface area contributed by atoms with E-state index in [9.17, 15) is 9.00 Å². The summed E-state index contributed by atoms with van der Waals surface area (Å²) in [6, 6.07) is 0.372. The van der Waals surface area contributed by atoms with Gasteiger partial charge in [-0.1, -0.05) is 0 Å². The van der Waals surface area contributed by atoms with Crippen LogP contribution in [0.1, 0.15) is 33.1 Å². The second-order valence-electron chi connectivity index (χ2n) is 4.97. The summed E-state index contributed by atoms with van der Waals surface area (Å²) in [6.07, 6.45) is 4.51. The Hall–Kier alpha value is -0.420. The van der Waals surface area contributed by atoms with Gasteiger partial charge in [0, 0.05) is 34.9 Å². The maximum Gasteiger partial charge on any atom is 0.224 e. The van der Waals surface area contributed by atoms with Crippen LogP contribution in [0.3, 0.4) is 0 Å². The highest BCUT2D eigenvalue weighted by molar-refractivity contribution is 7.84. The molecule has 1 aliphatic rings. The molecule has 2 N–H and O–H groups in total. The van der Waals surface area contributed by atoms with E-state index in [4.69, 9.17) is 0 Å². The molecule has 17 heavy (non-hydrogen) atoms. The van der Waals surface area contributed by atoms with Crippen molar-refractivity contribution in [1.29, 1.82) is 0 Å². The van der Waals surface area contributed by atoms with E-state index in [0.717, 1.165) is 25.8 Å². The van der Waals surface area contributed by atoms with Crippen molar-refractivity contribution in [2.75, 3.05) is 18.6 Å². The smallest absolute Gasteiger partial charge is 0.224 e. The molecule has 1 heterocycles. The lowest BCUT2D eigenvalue weighted by atomic mass is 9.91. The minimum absolute atomic E-state index is 0.0818. The van der Waals surface area contributed by atoms with Crippen molar-refractivity contribution >= 4 is 16.7 Å². The summed E-state index contributed by atoms with van der Waals surface area (Å²) in [5.41, 5.74) is 0. The van der Waals surface area contributed by atoms with Crippen LogP contribution in [0.2, 0.25) is 0 Å². The Balaban J connectivity index is 2.34. The summed E-state index contributed by atoms with van der Waals surface area (Å²) in [7, 11) is -0.776. The lowest BCUT2D eigenvalue weighted by Crippen LogP contribution is -2.48. The molecule has 0 aliphatic carbocycles. The maximum absolute atomic E-state index is 12.0. The molecule has 4 unspecified atom stereocenters. The SMILES string of the molecule is CC(CCS(C)=O)NC(=O)C1CCCNC1C. The molecule has 0 aromatic heterocycles. The summed E-state index contributed by atoms with van der Waals surface area (Å²) >= 11 is 0. The number of piperidine rings is 1. The van der Waals surface area contributed by atoms with Crippen molar-refractivity contribution < 1.29 is 9.00 Å². The first kappa shape index (κ1) is 14.6. The fourth-order valence-electron chi connectivity index (χ4n) is 2.17. The standard InChI is InChI=1S/C12H24N2O2S/c1-9(6-8-17(3)16)14-12(15)11-5-4-7-13-10(11)2/h9-11,13H,4-8H2,1-3H3,(H,14,15). The molecule has 1 fully saturated rings. The van der Waals surface area contributed by atoms with Gasteiger partial charge in [0.25, 0.3) is 0 Å². The van der Waals surface area contributed by atoms with Gasteiger partial charge in [0.2, 0.25) is 5.91 Å². The second-order valence-corrected chi connectivity index (χ2v) is 6.52. The normalized spacial score (nSPS) is 28.4. The lowest BCUT2D eigenvalue weighted by molar-refractivity contribution is -0.127. The van der Waals surface area contributed by atoms with E-state index < -0.39 is 10.8 Å². The van der Waals surface area contributed by atoms with Gasteiger partial charge in [-0.05, 0) is 39.7 Å². The van der Waals surface area contributed by atoms with E-state index in [1.807, 2.05) is 6.92 Å². The first-order valence-electron chi connectivity index (χ1n) is 6.34. The quantitative estimate of drug-likeness (QED) is 0.763. The van der Waals surface area contributed by atoms with Gasteiger partial charge in [-0.3, -0.25) is 9.00 Å². The number of nitrogens with one attached hydrogen (secondary N) is 2. The van der Waals surface area contributed by atoms with Gasteiger partial charge in [-0.15, -0.1) is 0 Å². The molecule has 0 aromatic rings. The molecule has 100 valence electrons. The number of hydrogen-bond donors (Lipinski definition) is 2. The third-order valence-corrected chi connectivity index (χ3v) is 4.14. The van der Waals surface area contributed by atoms with Gasteiger partial charge in [0.1, 0.15) is 0 Å². The summed E-state index contributed by atoms with van der Waals surface area (Å²) in [5, 5.41) is 6.35. The van der Waals surface area contributed by atoms with Crippen molar-refractivity contribution in [3.8, 4) is 0 Å². The molecule has 0 bridgehead atoms. The Morgan fingerprint density at radius 1 is 1.59 bits per heavy atom. The molecule has 0 spiro atoms. The average Bonchev–Trinajstić information content (AvgIpc) is 2.26. The maximum atomic E-state index is 12.0. The number of rotatable bonds is 5. The highest BCUT2D eigenvalue weighted by Crippen LogP contribution is 2.16. The summed E-state index contributed by atoms with van der Waals surface area (Å²) in [5.74, 6) is 0.873. The van der Waals surface area contributed by atoms with Crippen LogP contribution < -0.4 is 10.6 Å². The summed E-state index contributed by atoms with van der Waals surface area (Å²) in [4.78, 5) is 12.0. The van der Waals surface area contributed by atoms with Crippen LogP contribution in [-0.2, 0) is 15.6 Å². The van der Waals surface area contributed by atoms with Crippen LogP contribution in [0.25, 0.3) is 0 Å². The minimum Gasteiger partial charge on any atom is -0.353 e. The molecule has 1 saturated heterocycles. The van der Waals surface area contributed by atoms with Gasteiger partial charge in [0.05, 0.1) is 5.92 Å². The van der Waals surface area contributed by atoms with Crippen molar-refractivity contribution in [3.05, 3.63) is 0 Å². The Labute approximate surface area is 106 Å². The van der Waals surface area contributed by atoms with Crippen molar-refractivity contribution in [2.24, 2.45) is 5.92 Å². The zero-order valence-corrected chi connectivity index (χ0v) is 11.8. The van der Waals surface area contributed by atoms with Crippen LogP contribution in [0, 0.1) is 5.92 Å². The Bertz CT molecular complexity index is 284. The highest BCUT2D eigenvalue weighted by atomic mass is 32.2. The number of hydrogen-bond acceptors (Lipinski definition) is 3. The first-order chi connectivity index (χ1) is 8.00. The molecule has 0 aromatic carbocycles. The molecule has 0 radical (unpaired) electrons. The lowest BCUT2D eigenvalue weighted by Gasteiger charge is -2.30. The minimum atomic E-state index is -0.776. The Morgan fingerprint density at radius 3 is 2.88 bits per heavy atom. The molecular weight excluding hydrogens is 236 g/mol. The molecule has 1 rings (SSSR count). The van der Waals surface area contributed by atoms with Crippen molar-refractivity contribution in [2.45, 2.75) is 45.2 Å². The van der Waals surface area contributed by atoms with Gasteiger partial charge in [-0.2, -0.15) is 0 Å². The molecule has 5 heteroatoms. The third-order valence-electron chi connectivity index (χ3n) is 3.33. The van der Waals surface area contributed by atoms with E-state index in [2.05, 4.69) is 17.6 Å². The number of amides is 1. The van der Waals surface area contributed by atoms with Crippen LogP contribution in [0.15, 0.2) is 0 Å². The topological polar surface area (TPSA) is 58.2 Å². The average molecular weight is 260 g/mol. The van der Waals surface area contributed by atoms with Crippen LogP contribution in [0.5, 0.6) is 0 Å². The Kier molecular flexibility index (Phi) is 6.12. The highest BCUT2D eigenvalue weighted by Gasteiger charge is 2.27. The number of carbonyl (C=O) groups is 1. The molecule has 4 atom stereocenters. The van der Waals surface area contributed by atoms with Crippen LogP contribution >= 0.6 is 0 Å². The van der Waals surface area contributed by atoms with E-state index in [1.54, 1.807) is 6.26 Å². The van der Waals surface area contributed by atoms with Crippen LogP contribution in [0.4, 0.5) is 0 Å². The van der Waals surface area contributed by atoms with Gasteiger partial charge >= 0.3 is 0 Å². The second kappa shape index (κ2) is 7.11. The van der Waals surface area contributed by atoms with Gasteiger partial charge in [0.15, 0.2) is 0 Å². The largest absolute Gasteiger partial charge is 0.353 e. The molecular formula is C12H24N2O2S. The number of carbonyl (C=O) groups excluding carboxylic acids is 1. The summed E-state index contributed by atoms with van der Waals surface area (Å²) in [6.45, 7) is 5.05. The monoisotopic (exact) mass is 260 g/mol. The van der Waals surface area contributed by atoms with Crippen LogP contribution in [-0.4, -0.2) is 40.8 Å². The molecule has 1 amide bonds. The van der Waals surface area contributed by atoms with Gasteiger partial charge in [-0.25, -0.2) is 0 Å². The van der Waals surface area contributed by atoms with E-state index in [0.29, 0.717) is 5.75 Å². The molecule has 4 nitrogen and oxygen atoms in total. The predicted molar refractivity (Wildman–Crippen MR) is 71.3 cm³/mol. The van der Waals surface area contributed by atoms with Crippen molar-refractivity contribution in [1.82, 2.24) is 10.6 Å². The molecule has 0 saturated carbocycles. The fourth-order valence-corrected chi connectivity index (χ4v) is 2.85. The first-order valence-corrected chi connectivity index (χ1v) is 8.07. The Morgan fingerprint density at radius 2 is 2.29 bits per heavy atom. The predicted octanol–water partition coefficient (Wildman–Crippen LogP) is 0.648. The summed E-state index contributed by atoms with van der Waals surface area (Å²) < 4.78 is 11.0. The van der Waals surface area contributed by atoms with Gasteiger partial charge < -0.3 is 10.6 Å².